The van der Waals surface area contributed by atoms with Gasteiger partial charge in [-0.05, 0) is 30.5 Å². The lowest BCUT2D eigenvalue weighted by molar-refractivity contribution is -0.127. The van der Waals surface area contributed by atoms with Crippen LogP contribution in [0.5, 0.6) is 0 Å². The summed E-state index contributed by atoms with van der Waals surface area (Å²) in [5, 5.41) is 3.19. The monoisotopic (exact) mass is 297 g/mol. The molecule has 0 unspecified atom stereocenters. The van der Waals surface area contributed by atoms with Gasteiger partial charge in [0.15, 0.2) is 0 Å². The Morgan fingerprint density at radius 1 is 1.40 bits per heavy atom. The molecule has 0 aromatic heterocycles. The molecule has 0 radical (unpaired) electrons. The first-order valence-electron chi connectivity index (χ1n) is 6.47. The molecule has 1 aliphatic heterocycles. The highest BCUT2D eigenvalue weighted by Crippen LogP contribution is 2.28. The summed E-state index contributed by atoms with van der Waals surface area (Å²) < 4.78 is 27.0. The standard InChI is InChI=1S/C13H19N3O3S/c1-16(2)13(17)9-15-20(18,19)12-7-3-6-11-10(12)5-4-8-14-11/h3,6-7,14-15H,4-5,8-9H2,1-2H3. The van der Waals surface area contributed by atoms with Gasteiger partial charge in [0.2, 0.25) is 15.9 Å². The second-order valence-electron chi connectivity index (χ2n) is 4.93. The van der Waals surface area contributed by atoms with E-state index in [0.29, 0.717) is 0 Å². The number of rotatable bonds is 4. The fraction of sp³-hybridized carbons (Fsp3) is 0.462. The van der Waals surface area contributed by atoms with Gasteiger partial charge in [-0.1, -0.05) is 6.07 Å². The van der Waals surface area contributed by atoms with Crippen LogP contribution in [-0.2, 0) is 21.2 Å². The van der Waals surface area contributed by atoms with Crippen molar-refractivity contribution in [1.82, 2.24) is 9.62 Å². The maximum Gasteiger partial charge on any atom is 0.241 e. The highest BCUT2D eigenvalue weighted by atomic mass is 32.2. The Morgan fingerprint density at radius 2 is 2.15 bits per heavy atom. The Kier molecular flexibility index (Phi) is 4.29. The SMILES string of the molecule is CN(C)C(=O)CNS(=O)(=O)c1cccc2c1CCCN2. The van der Waals surface area contributed by atoms with Crippen molar-refractivity contribution in [2.45, 2.75) is 17.7 Å². The lowest BCUT2D eigenvalue weighted by Gasteiger charge is -2.21. The molecule has 0 saturated carbocycles. The second-order valence-corrected chi connectivity index (χ2v) is 6.66. The fourth-order valence-corrected chi connectivity index (χ4v) is 3.38. The zero-order valence-corrected chi connectivity index (χ0v) is 12.5. The smallest absolute Gasteiger partial charge is 0.241 e. The van der Waals surface area contributed by atoms with E-state index < -0.39 is 10.0 Å². The average molecular weight is 297 g/mol. The maximum absolute atomic E-state index is 12.3. The zero-order valence-electron chi connectivity index (χ0n) is 11.6. The van der Waals surface area contributed by atoms with Gasteiger partial charge in [-0.25, -0.2) is 13.1 Å². The van der Waals surface area contributed by atoms with Crippen LogP contribution >= 0.6 is 0 Å². The van der Waals surface area contributed by atoms with Crippen molar-refractivity contribution in [3.8, 4) is 0 Å². The minimum atomic E-state index is -3.67. The molecule has 1 aromatic carbocycles. The molecule has 7 heteroatoms. The molecular formula is C13H19N3O3S. The average Bonchev–Trinajstić information content (AvgIpc) is 2.44. The van der Waals surface area contributed by atoms with Crippen LogP contribution in [0.15, 0.2) is 23.1 Å². The number of anilines is 1. The van der Waals surface area contributed by atoms with Gasteiger partial charge < -0.3 is 10.2 Å². The summed E-state index contributed by atoms with van der Waals surface area (Å²) in [6, 6.07) is 5.16. The van der Waals surface area contributed by atoms with Crippen LogP contribution in [0.3, 0.4) is 0 Å². The Morgan fingerprint density at radius 3 is 2.85 bits per heavy atom. The van der Waals surface area contributed by atoms with Gasteiger partial charge in [-0.2, -0.15) is 0 Å². The number of amides is 1. The number of carbonyl (C=O) groups is 1. The van der Waals surface area contributed by atoms with E-state index in [0.717, 1.165) is 30.6 Å². The third-order valence-electron chi connectivity index (χ3n) is 3.25. The molecule has 2 rings (SSSR count). The third kappa shape index (κ3) is 3.10. The molecule has 20 heavy (non-hydrogen) atoms. The van der Waals surface area contributed by atoms with E-state index >= 15 is 0 Å². The molecule has 0 atom stereocenters. The summed E-state index contributed by atoms with van der Waals surface area (Å²) in [5.74, 6) is -0.281. The van der Waals surface area contributed by atoms with Gasteiger partial charge in [0, 0.05) is 26.3 Å². The highest BCUT2D eigenvalue weighted by Gasteiger charge is 2.23. The van der Waals surface area contributed by atoms with Crippen LogP contribution < -0.4 is 10.0 Å². The molecule has 1 aromatic rings. The van der Waals surface area contributed by atoms with Crippen molar-refractivity contribution in [1.29, 1.82) is 0 Å². The Hall–Kier alpha value is -1.60. The third-order valence-corrected chi connectivity index (χ3v) is 4.74. The maximum atomic E-state index is 12.3. The van der Waals surface area contributed by atoms with Gasteiger partial charge >= 0.3 is 0 Å². The van der Waals surface area contributed by atoms with Crippen LogP contribution in [0.4, 0.5) is 5.69 Å². The van der Waals surface area contributed by atoms with Crippen molar-refractivity contribution in [2.24, 2.45) is 0 Å². The normalized spacial score (nSPS) is 14.3. The van der Waals surface area contributed by atoms with Gasteiger partial charge in [-0.3, -0.25) is 4.79 Å². The molecule has 0 saturated heterocycles. The van der Waals surface area contributed by atoms with E-state index in [1.165, 1.54) is 4.90 Å². The van der Waals surface area contributed by atoms with Gasteiger partial charge in [0.05, 0.1) is 11.4 Å². The lowest BCUT2D eigenvalue weighted by Crippen LogP contribution is -2.36. The molecule has 0 spiro atoms. The molecule has 6 nitrogen and oxygen atoms in total. The molecule has 0 fully saturated rings. The lowest BCUT2D eigenvalue weighted by atomic mass is 10.0. The summed E-state index contributed by atoms with van der Waals surface area (Å²) in [5.41, 5.74) is 1.65. The molecule has 0 aliphatic carbocycles. The quantitative estimate of drug-likeness (QED) is 0.844. The van der Waals surface area contributed by atoms with Crippen LogP contribution in [0.2, 0.25) is 0 Å². The number of sulfonamides is 1. The summed E-state index contributed by atoms with van der Waals surface area (Å²) in [7, 11) is -0.491. The minimum absolute atomic E-state index is 0.230. The van der Waals surface area contributed by atoms with Crippen LogP contribution in [0.25, 0.3) is 0 Å². The number of benzene rings is 1. The van der Waals surface area contributed by atoms with Gasteiger partial charge in [0.1, 0.15) is 0 Å². The van der Waals surface area contributed by atoms with E-state index in [1.807, 2.05) is 6.07 Å². The molecule has 2 N–H and O–H groups in total. The van der Waals surface area contributed by atoms with E-state index in [-0.39, 0.29) is 17.3 Å². The summed E-state index contributed by atoms with van der Waals surface area (Å²) in [4.78, 5) is 13.1. The van der Waals surface area contributed by atoms with Crippen molar-refractivity contribution >= 4 is 21.6 Å². The zero-order chi connectivity index (χ0) is 14.8. The summed E-state index contributed by atoms with van der Waals surface area (Å²) in [6.45, 7) is 0.621. The molecule has 1 heterocycles. The summed E-state index contributed by atoms with van der Waals surface area (Å²) in [6.07, 6.45) is 1.62. The molecule has 0 bridgehead atoms. The van der Waals surface area contributed by atoms with E-state index in [9.17, 15) is 13.2 Å². The molecule has 1 amide bonds. The van der Waals surface area contributed by atoms with E-state index in [2.05, 4.69) is 10.0 Å². The predicted octanol–water partition coefficient (Wildman–Crippen LogP) is 0.411. The Bertz CT molecular complexity index is 611. The number of hydrogen-bond donors (Lipinski definition) is 2. The summed E-state index contributed by atoms with van der Waals surface area (Å²) >= 11 is 0. The van der Waals surface area contributed by atoms with Crippen molar-refractivity contribution in [3.63, 3.8) is 0 Å². The van der Waals surface area contributed by atoms with Crippen LogP contribution in [0.1, 0.15) is 12.0 Å². The molecule has 110 valence electrons. The second kappa shape index (κ2) is 5.80. The minimum Gasteiger partial charge on any atom is -0.385 e. The first-order valence-corrected chi connectivity index (χ1v) is 7.96. The first kappa shape index (κ1) is 14.8. The van der Waals surface area contributed by atoms with E-state index in [1.54, 1.807) is 26.2 Å². The van der Waals surface area contributed by atoms with Crippen molar-refractivity contribution in [3.05, 3.63) is 23.8 Å². The molecular weight excluding hydrogens is 278 g/mol. The number of carbonyl (C=O) groups excluding carboxylic acids is 1. The fourth-order valence-electron chi connectivity index (χ4n) is 2.12. The predicted molar refractivity (Wildman–Crippen MR) is 77.1 cm³/mol. The number of nitrogens with zero attached hydrogens (tertiary/aromatic N) is 1. The van der Waals surface area contributed by atoms with Gasteiger partial charge in [-0.15, -0.1) is 0 Å². The number of nitrogens with one attached hydrogen (secondary N) is 2. The Balaban J connectivity index is 2.24. The number of fused-ring (bicyclic) bond motifs is 1. The van der Waals surface area contributed by atoms with Gasteiger partial charge in [0.25, 0.3) is 0 Å². The number of hydrogen-bond acceptors (Lipinski definition) is 4. The highest BCUT2D eigenvalue weighted by molar-refractivity contribution is 7.89. The van der Waals surface area contributed by atoms with Crippen LogP contribution in [-0.4, -0.2) is 46.4 Å². The van der Waals surface area contributed by atoms with E-state index in [4.69, 9.17) is 0 Å². The molecule has 1 aliphatic rings. The van der Waals surface area contributed by atoms with Crippen LogP contribution in [0, 0.1) is 0 Å². The topological polar surface area (TPSA) is 78.5 Å². The largest absolute Gasteiger partial charge is 0.385 e. The Labute approximate surface area is 119 Å². The first-order chi connectivity index (χ1) is 9.42. The number of likely N-dealkylation sites (N-methyl/N-ethyl adjacent to an activating group) is 1. The van der Waals surface area contributed by atoms with Crippen molar-refractivity contribution in [2.75, 3.05) is 32.5 Å². The van der Waals surface area contributed by atoms with Crippen molar-refractivity contribution < 1.29 is 13.2 Å².